The van der Waals surface area contributed by atoms with E-state index in [4.69, 9.17) is 0 Å². The van der Waals surface area contributed by atoms with E-state index in [0.717, 1.165) is 12.2 Å². The molecule has 4 aliphatic carbocycles. The van der Waals surface area contributed by atoms with Gasteiger partial charge in [0.05, 0.1) is 11.8 Å². The van der Waals surface area contributed by atoms with E-state index in [0.29, 0.717) is 12.8 Å². The van der Waals surface area contributed by atoms with Gasteiger partial charge in [0.15, 0.2) is 28.8 Å². The topological polar surface area (TPSA) is 88.5 Å². The molecule has 0 amide bonds. The highest BCUT2D eigenvalue weighted by atomic mass is 19.1. The first-order valence-electron chi connectivity index (χ1n) is 9.53. The maximum absolute atomic E-state index is 16.6. The molecule has 5 nitrogen and oxygen atoms in total. The van der Waals surface area contributed by atoms with Gasteiger partial charge in [-0.05, 0) is 43.3 Å². The summed E-state index contributed by atoms with van der Waals surface area (Å²) in [5, 5.41) is 9.28. The van der Waals surface area contributed by atoms with Crippen molar-refractivity contribution < 1.29 is 33.1 Å². The van der Waals surface area contributed by atoms with Gasteiger partial charge in [-0.25, -0.2) is 8.78 Å². The van der Waals surface area contributed by atoms with Gasteiger partial charge in [0.2, 0.25) is 0 Å². The van der Waals surface area contributed by atoms with Crippen molar-refractivity contribution in [1.82, 2.24) is 0 Å². The molecule has 0 spiro atoms. The lowest BCUT2D eigenvalue weighted by atomic mass is 9.46. The van der Waals surface area contributed by atoms with Crippen LogP contribution in [0.15, 0.2) is 23.6 Å². The van der Waals surface area contributed by atoms with Crippen molar-refractivity contribution in [2.75, 3.05) is 6.61 Å². The molecule has 4 aliphatic rings. The fourth-order valence-corrected chi connectivity index (χ4v) is 6.32. The number of hydrogen-bond acceptors (Lipinski definition) is 5. The standard InChI is InChI=1S/C21H22F2O5/c1-19-8-18(28)21(23)13(11(19)3-4-12(19)16(26)9-24)7-15(22)14-5-10(25)6-17(27)20(14,21)2/h5,7,11-13,24H,3-4,6,8-9H2,1-2H3/t11-,12+,13-,19-,20+,21-/m0/s1. The van der Waals surface area contributed by atoms with Gasteiger partial charge in [0.1, 0.15) is 12.4 Å². The Labute approximate surface area is 160 Å². The first-order chi connectivity index (χ1) is 13.0. The number of Topliss-reactive ketones (excluding diaryl/α,β-unsaturated/α-hetero) is 3. The van der Waals surface area contributed by atoms with Crippen LogP contribution in [0.2, 0.25) is 0 Å². The first kappa shape index (κ1) is 19.3. The van der Waals surface area contributed by atoms with E-state index in [-0.39, 0.29) is 12.0 Å². The maximum atomic E-state index is 16.6. The van der Waals surface area contributed by atoms with Gasteiger partial charge >= 0.3 is 0 Å². The normalized spacial score (nSPS) is 45.0. The molecule has 2 saturated carbocycles. The Bertz CT molecular complexity index is 889. The lowest BCUT2D eigenvalue weighted by Crippen LogP contribution is -2.67. The Hall–Kier alpha value is -2.02. The molecule has 4 rings (SSSR count). The minimum atomic E-state index is -2.66. The van der Waals surface area contributed by atoms with Crippen molar-refractivity contribution in [3.05, 3.63) is 23.6 Å². The van der Waals surface area contributed by atoms with E-state index in [2.05, 4.69) is 0 Å². The summed E-state index contributed by atoms with van der Waals surface area (Å²) in [6.45, 7) is 2.27. The zero-order chi connectivity index (χ0) is 20.6. The average Bonchev–Trinajstić information content (AvgIpc) is 2.96. The first-order valence-corrected chi connectivity index (χ1v) is 9.53. The van der Waals surface area contributed by atoms with Crippen molar-refractivity contribution >= 4 is 23.1 Å². The zero-order valence-electron chi connectivity index (χ0n) is 15.8. The van der Waals surface area contributed by atoms with Crippen LogP contribution in [0, 0.1) is 28.6 Å². The van der Waals surface area contributed by atoms with Gasteiger partial charge in [0, 0.05) is 23.8 Å². The molecule has 1 N–H and O–H groups in total. The molecule has 2 fully saturated rings. The predicted octanol–water partition coefficient (Wildman–Crippen LogP) is 2.22. The van der Waals surface area contributed by atoms with E-state index in [1.165, 1.54) is 6.92 Å². The van der Waals surface area contributed by atoms with E-state index in [1.807, 2.05) is 0 Å². The molecule has 28 heavy (non-hydrogen) atoms. The third kappa shape index (κ3) is 2.03. The molecule has 7 heteroatoms. The number of fused-ring (bicyclic) bond motifs is 5. The van der Waals surface area contributed by atoms with Gasteiger partial charge in [-0.2, -0.15) is 0 Å². The quantitative estimate of drug-likeness (QED) is 0.728. The molecule has 0 aliphatic heterocycles. The monoisotopic (exact) mass is 392 g/mol. The Morgan fingerprint density at radius 3 is 2.54 bits per heavy atom. The summed E-state index contributed by atoms with van der Waals surface area (Å²) >= 11 is 0. The molecule has 0 unspecified atom stereocenters. The molecule has 0 bridgehead atoms. The van der Waals surface area contributed by atoms with Crippen LogP contribution in [-0.2, 0) is 19.2 Å². The Morgan fingerprint density at radius 2 is 1.89 bits per heavy atom. The lowest BCUT2D eigenvalue weighted by Gasteiger charge is -2.57. The average molecular weight is 392 g/mol. The Kier molecular flexibility index (Phi) is 3.96. The van der Waals surface area contributed by atoms with Crippen LogP contribution in [0.4, 0.5) is 8.78 Å². The molecule has 6 atom stereocenters. The minimum Gasteiger partial charge on any atom is -0.389 e. The van der Waals surface area contributed by atoms with E-state index >= 15 is 4.39 Å². The molecule has 0 aromatic heterocycles. The predicted molar refractivity (Wildman–Crippen MR) is 93.4 cm³/mol. The van der Waals surface area contributed by atoms with Crippen LogP contribution in [0.3, 0.4) is 0 Å². The van der Waals surface area contributed by atoms with Crippen molar-refractivity contribution in [1.29, 1.82) is 0 Å². The molecular weight excluding hydrogens is 370 g/mol. The number of rotatable bonds is 2. The number of aliphatic hydroxyl groups excluding tert-OH is 1. The van der Waals surface area contributed by atoms with Crippen molar-refractivity contribution in [3.63, 3.8) is 0 Å². The second kappa shape index (κ2) is 5.75. The van der Waals surface area contributed by atoms with E-state index < -0.39 is 76.2 Å². The second-order valence-electron chi connectivity index (χ2n) is 8.97. The largest absolute Gasteiger partial charge is 0.389 e. The van der Waals surface area contributed by atoms with Gasteiger partial charge in [0.25, 0.3) is 0 Å². The highest BCUT2D eigenvalue weighted by Gasteiger charge is 2.73. The van der Waals surface area contributed by atoms with Crippen LogP contribution in [0.5, 0.6) is 0 Å². The molecule has 0 aromatic carbocycles. The number of ketones is 4. The highest BCUT2D eigenvalue weighted by Crippen LogP contribution is 2.67. The summed E-state index contributed by atoms with van der Waals surface area (Å²) in [7, 11) is 0. The number of carbonyl (C=O) groups excluding carboxylic acids is 4. The Morgan fingerprint density at radius 1 is 1.21 bits per heavy atom. The molecule has 0 aromatic rings. The van der Waals surface area contributed by atoms with E-state index in [9.17, 15) is 28.7 Å². The number of halogens is 2. The van der Waals surface area contributed by atoms with Crippen LogP contribution in [0.1, 0.15) is 39.5 Å². The third-order valence-corrected chi connectivity index (χ3v) is 7.84. The highest BCUT2D eigenvalue weighted by molar-refractivity contribution is 6.15. The summed E-state index contributed by atoms with van der Waals surface area (Å²) in [5.74, 6) is -5.82. The molecule has 0 heterocycles. The number of allylic oxidation sites excluding steroid dienone is 4. The lowest BCUT2D eigenvalue weighted by molar-refractivity contribution is -0.170. The zero-order valence-corrected chi connectivity index (χ0v) is 15.8. The maximum Gasteiger partial charge on any atom is 0.191 e. The second-order valence-corrected chi connectivity index (χ2v) is 8.97. The van der Waals surface area contributed by atoms with Crippen molar-refractivity contribution in [2.45, 2.75) is 45.2 Å². The third-order valence-electron chi connectivity index (χ3n) is 7.84. The van der Waals surface area contributed by atoms with Crippen LogP contribution in [-0.4, -0.2) is 40.5 Å². The van der Waals surface area contributed by atoms with Gasteiger partial charge in [-0.3, -0.25) is 19.2 Å². The van der Waals surface area contributed by atoms with E-state index in [1.54, 1.807) is 6.92 Å². The summed E-state index contributed by atoms with van der Waals surface area (Å²) in [6, 6.07) is 0. The number of alkyl halides is 1. The Balaban J connectivity index is 1.91. The number of carbonyl (C=O) groups is 4. The van der Waals surface area contributed by atoms with Gasteiger partial charge in [-0.1, -0.05) is 6.92 Å². The molecule has 0 radical (unpaired) electrons. The van der Waals surface area contributed by atoms with Crippen LogP contribution >= 0.6 is 0 Å². The summed E-state index contributed by atoms with van der Waals surface area (Å²) < 4.78 is 31.6. The number of hydrogen-bond donors (Lipinski definition) is 1. The van der Waals surface area contributed by atoms with Crippen LogP contribution in [0.25, 0.3) is 0 Å². The minimum absolute atomic E-state index is 0.263. The smallest absolute Gasteiger partial charge is 0.191 e. The SMILES string of the molecule is C[C@]12CC(=O)[C@@]3(F)[C@@H](C=C(F)C4=CC(=O)CC(=O)[C@@]43C)[C@@H]1CC[C@@H]2C(=O)CO. The fraction of sp³-hybridized carbons (Fsp3) is 0.619. The summed E-state index contributed by atoms with van der Waals surface area (Å²) in [5.41, 5.74) is -5.97. The van der Waals surface area contributed by atoms with Gasteiger partial charge in [-0.15, -0.1) is 0 Å². The number of aliphatic hydroxyl groups is 1. The van der Waals surface area contributed by atoms with Crippen molar-refractivity contribution in [3.8, 4) is 0 Å². The van der Waals surface area contributed by atoms with Gasteiger partial charge < -0.3 is 5.11 Å². The fourth-order valence-electron chi connectivity index (χ4n) is 6.32. The molecule has 0 saturated heterocycles. The van der Waals surface area contributed by atoms with Crippen LogP contribution < -0.4 is 0 Å². The summed E-state index contributed by atoms with van der Waals surface area (Å²) in [4.78, 5) is 50.0. The molecule has 150 valence electrons. The summed E-state index contributed by atoms with van der Waals surface area (Å²) in [6.07, 6.45) is 1.92. The molecular formula is C21H22F2O5. The van der Waals surface area contributed by atoms with Crippen molar-refractivity contribution in [2.24, 2.45) is 28.6 Å².